The van der Waals surface area contributed by atoms with Crippen LogP contribution in [0.5, 0.6) is 0 Å². The van der Waals surface area contributed by atoms with Crippen LogP contribution in [-0.2, 0) is 16.6 Å². The van der Waals surface area contributed by atoms with Crippen LogP contribution in [0, 0.1) is 11.6 Å². The summed E-state index contributed by atoms with van der Waals surface area (Å²) in [5, 5.41) is 2.65. The minimum Gasteiger partial charge on any atom is -0.446 e. The SMILES string of the molecule is CCNCc1ccc(S(=O)(=O)Nc2ccc(F)cc2F)o1. The van der Waals surface area contributed by atoms with Gasteiger partial charge < -0.3 is 9.73 Å². The van der Waals surface area contributed by atoms with Gasteiger partial charge in [0.1, 0.15) is 17.4 Å². The molecule has 0 saturated heterocycles. The fourth-order valence-corrected chi connectivity index (χ4v) is 2.63. The van der Waals surface area contributed by atoms with E-state index in [1.165, 1.54) is 12.1 Å². The normalized spacial score (nSPS) is 11.6. The zero-order chi connectivity index (χ0) is 15.5. The molecule has 5 nitrogen and oxygen atoms in total. The van der Waals surface area contributed by atoms with Crippen molar-refractivity contribution in [1.82, 2.24) is 5.32 Å². The third-order valence-corrected chi connectivity index (χ3v) is 3.86. The van der Waals surface area contributed by atoms with Crippen LogP contribution in [0.4, 0.5) is 14.5 Å². The topological polar surface area (TPSA) is 71.3 Å². The molecule has 21 heavy (non-hydrogen) atoms. The van der Waals surface area contributed by atoms with Crippen molar-refractivity contribution in [2.24, 2.45) is 0 Å². The molecular weight excluding hydrogens is 302 g/mol. The minimum absolute atomic E-state index is 0.334. The maximum atomic E-state index is 13.5. The summed E-state index contributed by atoms with van der Waals surface area (Å²) in [4.78, 5) is 0. The number of hydrogen-bond acceptors (Lipinski definition) is 4. The number of benzene rings is 1. The fraction of sp³-hybridized carbons (Fsp3) is 0.231. The van der Waals surface area contributed by atoms with Gasteiger partial charge in [0.2, 0.25) is 5.09 Å². The molecule has 0 bridgehead atoms. The number of sulfonamides is 1. The van der Waals surface area contributed by atoms with Gasteiger partial charge in [-0.15, -0.1) is 0 Å². The Morgan fingerprint density at radius 3 is 2.62 bits per heavy atom. The van der Waals surface area contributed by atoms with Gasteiger partial charge in [-0.25, -0.2) is 8.78 Å². The van der Waals surface area contributed by atoms with E-state index >= 15 is 0 Å². The third kappa shape index (κ3) is 3.79. The van der Waals surface area contributed by atoms with Gasteiger partial charge in [0.15, 0.2) is 0 Å². The van der Waals surface area contributed by atoms with Gasteiger partial charge in [-0.2, -0.15) is 8.42 Å². The maximum absolute atomic E-state index is 13.5. The summed E-state index contributed by atoms with van der Waals surface area (Å²) in [6.45, 7) is 3.00. The summed E-state index contributed by atoms with van der Waals surface area (Å²) < 4.78 is 57.5. The number of hydrogen-bond donors (Lipinski definition) is 2. The van der Waals surface area contributed by atoms with E-state index in [9.17, 15) is 17.2 Å². The average molecular weight is 316 g/mol. The van der Waals surface area contributed by atoms with E-state index in [-0.39, 0.29) is 10.8 Å². The molecule has 0 saturated carbocycles. The molecule has 0 unspecified atom stereocenters. The predicted molar refractivity (Wildman–Crippen MR) is 73.3 cm³/mol. The van der Waals surface area contributed by atoms with Crippen molar-refractivity contribution in [3.05, 3.63) is 47.7 Å². The molecule has 2 rings (SSSR count). The molecule has 0 aliphatic heterocycles. The van der Waals surface area contributed by atoms with Crippen LogP contribution in [0.2, 0.25) is 0 Å². The van der Waals surface area contributed by atoms with Crippen LogP contribution in [0.3, 0.4) is 0 Å². The highest BCUT2D eigenvalue weighted by molar-refractivity contribution is 7.92. The van der Waals surface area contributed by atoms with Gasteiger partial charge in [-0.1, -0.05) is 6.92 Å². The Balaban J connectivity index is 2.19. The van der Waals surface area contributed by atoms with E-state index in [1.54, 1.807) is 0 Å². The van der Waals surface area contributed by atoms with Crippen molar-refractivity contribution in [3.63, 3.8) is 0 Å². The molecule has 0 amide bonds. The highest BCUT2D eigenvalue weighted by Gasteiger charge is 2.20. The third-order valence-electron chi connectivity index (χ3n) is 2.63. The van der Waals surface area contributed by atoms with E-state index in [1.807, 2.05) is 11.6 Å². The zero-order valence-corrected chi connectivity index (χ0v) is 12.0. The minimum atomic E-state index is -4.06. The van der Waals surface area contributed by atoms with Gasteiger partial charge >= 0.3 is 0 Å². The lowest BCUT2D eigenvalue weighted by molar-refractivity contribution is 0.405. The van der Waals surface area contributed by atoms with Crippen molar-refractivity contribution in [2.75, 3.05) is 11.3 Å². The molecule has 2 N–H and O–H groups in total. The summed E-state index contributed by atoms with van der Waals surface area (Å²) in [5.74, 6) is -1.35. The van der Waals surface area contributed by atoms with E-state index < -0.39 is 21.7 Å². The van der Waals surface area contributed by atoms with E-state index in [4.69, 9.17) is 4.42 Å². The average Bonchev–Trinajstić information content (AvgIpc) is 2.89. The molecule has 1 heterocycles. The Labute approximate surface area is 121 Å². The quantitative estimate of drug-likeness (QED) is 0.859. The first-order valence-corrected chi connectivity index (χ1v) is 7.68. The molecular formula is C13H14F2N2O3S. The summed E-state index contributed by atoms with van der Waals surface area (Å²) in [5.41, 5.74) is -0.346. The van der Waals surface area contributed by atoms with Crippen molar-refractivity contribution < 1.29 is 21.6 Å². The predicted octanol–water partition coefficient (Wildman–Crippen LogP) is 2.47. The van der Waals surface area contributed by atoms with Crippen molar-refractivity contribution >= 4 is 15.7 Å². The Bertz CT molecular complexity index is 729. The fourth-order valence-electron chi connectivity index (χ4n) is 1.61. The molecule has 2 aromatic rings. The summed E-state index contributed by atoms with van der Waals surface area (Å²) in [6, 6.07) is 5.34. The zero-order valence-electron chi connectivity index (χ0n) is 11.2. The first-order chi connectivity index (χ1) is 9.92. The number of rotatable bonds is 6. The summed E-state index contributed by atoms with van der Waals surface area (Å²) in [7, 11) is -4.06. The first-order valence-electron chi connectivity index (χ1n) is 6.19. The highest BCUT2D eigenvalue weighted by atomic mass is 32.2. The Hall–Kier alpha value is -1.93. The maximum Gasteiger partial charge on any atom is 0.295 e. The second kappa shape index (κ2) is 6.23. The number of nitrogens with one attached hydrogen (secondary N) is 2. The standard InChI is InChI=1S/C13H14F2N2O3S/c1-2-16-8-10-4-6-13(20-10)21(18,19)17-12-5-3-9(14)7-11(12)15/h3-7,16-17H,2,8H2,1H3. The first kappa shape index (κ1) is 15.5. The van der Waals surface area contributed by atoms with Crippen LogP contribution < -0.4 is 10.0 Å². The van der Waals surface area contributed by atoms with Crippen LogP contribution >= 0.6 is 0 Å². The van der Waals surface area contributed by atoms with Gasteiger partial charge in [0.05, 0.1) is 12.2 Å². The van der Waals surface area contributed by atoms with E-state index in [2.05, 4.69) is 5.32 Å². The molecule has 1 aromatic carbocycles. The molecule has 1 aromatic heterocycles. The second-order valence-electron chi connectivity index (χ2n) is 4.23. The van der Waals surface area contributed by atoms with Crippen molar-refractivity contribution in [2.45, 2.75) is 18.6 Å². The van der Waals surface area contributed by atoms with Crippen LogP contribution in [0.25, 0.3) is 0 Å². The number of furan rings is 1. The summed E-state index contributed by atoms with van der Waals surface area (Å²) in [6.07, 6.45) is 0. The van der Waals surface area contributed by atoms with E-state index in [0.717, 1.165) is 12.1 Å². The van der Waals surface area contributed by atoms with Gasteiger partial charge in [0.25, 0.3) is 10.0 Å². The van der Waals surface area contributed by atoms with Crippen LogP contribution in [0.15, 0.2) is 39.8 Å². The summed E-state index contributed by atoms with van der Waals surface area (Å²) >= 11 is 0. The number of anilines is 1. The monoisotopic (exact) mass is 316 g/mol. The molecule has 0 spiro atoms. The Morgan fingerprint density at radius 2 is 1.95 bits per heavy atom. The van der Waals surface area contributed by atoms with Crippen molar-refractivity contribution in [3.8, 4) is 0 Å². The van der Waals surface area contributed by atoms with Gasteiger partial charge in [-0.3, -0.25) is 4.72 Å². The molecule has 8 heteroatoms. The second-order valence-corrected chi connectivity index (χ2v) is 5.84. The van der Waals surface area contributed by atoms with Crippen LogP contribution in [-0.4, -0.2) is 15.0 Å². The van der Waals surface area contributed by atoms with Crippen molar-refractivity contribution in [1.29, 1.82) is 0 Å². The lowest BCUT2D eigenvalue weighted by atomic mass is 10.3. The largest absolute Gasteiger partial charge is 0.446 e. The van der Waals surface area contributed by atoms with Crippen LogP contribution in [0.1, 0.15) is 12.7 Å². The van der Waals surface area contributed by atoms with E-state index in [0.29, 0.717) is 24.9 Å². The Morgan fingerprint density at radius 1 is 1.19 bits per heavy atom. The van der Waals surface area contributed by atoms with Gasteiger partial charge in [0, 0.05) is 6.07 Å². The smallest absolute Gasteiger partial charge is 0.295 e. The molecule has 0 fully saturated rings. The molecule has 0 atom stereocenters. The molecule has 0 aliphatic rings. The molecule has 114 valence electrons. The lowest BCUT2D eigenvalue weighted by Crippen LogP contribution is -2.14. The Kier molecular flexibility index (Phi) is 4.59. The molecule has 0 radical (unpaired) electrons. The highest BCUT2D eigenvalue weighted by Crippen LogP contribution is 2.21. The number of halogens is 2. The van der Waals surface area contributed by atoms with Gasteiger partial charge in [-0.05, 0) is 30.8 Å². The lowest BCUT2D eigenvalue weighted by Gasteiger charge is -2.06. The molecule has 0 aliphatic carbocycles.